The molecule has 0 amide bonds. The van der Waals surface area contributed by atoms with Crippen molar-refractivity contribution in [3.63, 3.8) is 0 Å². The normalized spacial score (nSPS) is 46.0. The molecule has 3 rings (SSSR count). The second-order valence-corrected chi connectivity index (χ2v) is 8.39. The van der Waals surface area contributed by atoms with Gasteiger partial charge in [0.05, 0.1) is 11.7 Å². The van der Waals surface area contributed by atoms with Crippen LogP contribution in [-0.2, 0) is 9.53 Å². The number of rotatable bonds is 3. The molecule has 2 aliphatic carbocycles. The van der Waals surface area contributed by atoms with Gasteiger partial charge >= 0.3 is 0 Å². The number of ketones is 1. The topological polar surface area (TPSA) is 29.6 Å². The summed E-state index contributed by atoms with van der Waals surface area (Å²) in [5.41, 5.74) is 2.71. The third-order valence-corrected chi connectivity index (χ3v) is 6.40. The fourth-order valence-corrected chi connectivity index (χ4v) is 4.44. The second kappa shape index (κ2) is 5.33. The van der Waals surface area contributed by atoms with Gasteiger partial charge < -0.3 is 4.74 Å². The quantitative estimate of drug-likeness (QED) is 0.551. The molecule has 1 heterocycles. The standard InChI is InChI=1S/C20H30O2/c1-13(2)7-6-9-19(4)15-8-10-20(5)18(22-20)12-17(21)14(3)11-16(15)19/h7,11,15-16,18H,6,8-10,12H2,1-5H3/b14-11-/t15-,16-,18-,19+,20-/m0/s1. The van der Waals surface area contributed by atoms with Gasteiger partial charge in [-0.2, -0.15) is 0 Å². The van der Waals surface area contributed by atoms with E-state index in [1.54, 1.807) is 0 Å². The largest absolute Gasteiger partial charge is 0.366 e. The number of allylic oxidation sites excluding steroid dienone is 4. The van der Waals surface area contributed by atoms with Gasteiger partial charge in [0.1, 0.15) is 0 Å². The van der Waals surface area contributed by atoms with E-state index in [-0.39, 0.29) is 17.5 Å². The van der Waals surface area contributed by atoms with E-state index in [2.05, 4.69) is 39.8 Å². The summed E-state index contributed by atoms with van der Waals surface area (Å²) in [6, 6.07) is 0. The van der Waals surface area contributed by atoms with Gasteiger partial charge in [-0.25, -0.2) is 0 Å². The van der Waals surface area contributed by atoms with Crippen molar-refractivity contribution >= 4 is 5.78 Å². The average molecular weight is 302 g/mol. The summed E-state index contributed by atoms with van der Waals surface area (Å²) in [6.45, 7) is 10.9. The van der Waals surface area contributed by atoms with Crippen molar-refractivity contribution in [1.82, 2.24) is 0 Å². The second-order valence-electron chi connectivity index (χ2n) is 8.39. The van der Waals surface area contributed by atoms with Crippen LogP contribution in [0.5, 0.6) is 0 Å². The Morgan fingerprint density at radius 3 is 2.82 bits per heavy atom. The molecular weight excluding hydrogens is 272 g/mol. The maximum atomic E-state index is 12.3. The monoisotopic (exact) mass is 302 g/mol. The number of hydrogen-bond acceptors (Lipinski definition) is 2. The van der Waals surface area contributed by atoms with Crippen molar-refractivity contribution in [1.29, 1.82) is 0 Å². The highest BCUT2D eigenvalue weighted by Gasteiger charge is 2.61. The highest BCUT2D eigenvalue weighted by Crippen LogP contribution is 2.65. The molecule has 5 atom stereocenters. The van der Waals surface area contributed by atoms with Crippen molar-refractivity contribution in [2.45, 2.75) is 78.4 Å². The predicted octanol–water partition coefficient (Wildman–Crippen LogP) is 4.84. The third kappa shape index (κ3) is 2.82. The Labute approximate surface area is 135 Å². The summed E-state index contributed by atoms with van der Waals surface area (Å²) in [4.78, 5) is 12.3. The van der Waals surface area contributed by atoms with Crippen LogP contribution in [0, 0.1) is 17.3 Å². The van der Waals surface area contributed by atoms with E-state index in [0.717, 1.165) is 24.3 Å². The fraction of sp³-hybridized carbons (Fsp3) is 0.750. The minimum absolute atomic E-state index is 0.0265. The Hall–Kier alpha value is -0.890. The molecular formula is C20H30O2. The van der Waals surface area contributed by atoms with Crippen LogP contribution in [0.2, 0.25) is 0 Å². The molecule has 0 spiro atoms. The fourth-order valence-electron chi connectivity index (χ4n) is 4.44. The van der Waals surface area contributed by atoms with Crippen LogP contribution in [0.1, 0.15) is 66.7 Å². The first-order valence-electron chi connectivity index (χ1n) is 8.79. The first-order valence-corrected chi connectivity index (χ1v) is 8.79. The summed E-state index contributed by atoms with van der Waals surface area (Å²) >= 11 is 0. The van der Waals surface area contributed by atoms with Crippen LogP contribution < -0.4 is 0 Å². The van der Waals surface area contributed by atoms with Crippen molar-refractivity contribution < 1.29 is 9.53 Å². The molecule has 0 N–H and O–H groups in total. The summed E-state index contributed by atoms with van der Waals surface area (Å²) in [5.74, 6) is 1.59. The van der Waals surface area contributed by atoms with Gasteiger partial charge in [-0.15, -0.1) is 0 Å². The third-order valence-electron chi connectivity index (χ3n) is 6.40. The first-order chi connectivity index (χ1) is 10.3. The molecule has 0 radical (unpaired) electrons. The molecule has 0 bridgehead atoms. The smallest absolute Gasteiger partial charge is 0.160 e. The Morgan fingerprint density at radius 1 is 1.41 bits per heavy atom. The number of carbonyl (C=O) groups excluding carboxylic acids is 1. The summed E-state index contributed by atoms with van der Waals surface area (Å²) in [7, 11) is 0. The Morgan fingerprint density at radius 2 is 2.14 bits per heavy atom. The van der Waals surface area contributed by atoms with Crippen molar-refractivity contribution in [3.8, 4) is 0 Å². The van der Waals surface area contributed by atoms with Gasteiger partial charge in [0, 0.05) is 6.42 Å². The molecule has 0 unspecified atom stereocenters. The van der Waals surface area contributed by atoms with E-state index in [1.165, 1.54) is 18.4 Å². The maximum Gasteiger partial charge on any atom is 0.160 e. The van der Waals surface area contributed by atoms with Crippen molar-refractivity contribution in [2.75, 3.05) is 0 Å². The van der Waals surface area contributed by atoms with E-state index in [4.69, 9.17) is 4.74 Å². The number of carbonyl (C=O) groups is 1. The molecule has 1 saturated heterocycles. The van der Waals surface area contributed by atoms with E-state index < -0.39 is 0 Å². The number of ether oxygens (including phenoxy) is 1. The van der Waals surface area contributed by atoms with Crippen LogP contribution in [0.3, 0.4) is 0 Å². The zero-order valence-electron chi connectivity index (χ0n) is 14.7. The maximum absolute atomic E-state index is 12.3. The van der Waals surface area contributed by atoms with Crippen LogP contribution in [-0.4, -0.2) is 17.5 Å². The summed E-state index contributed by atoms with van der Waals surface area (Å²) in [5, 5.41) is 0. The molecule has 0 aromatic carbocycles. The molecule has 1 saturated carbocycles. The Bertz CT molecular complexity index is 540. The van der Waals surface area contributed by atoms with Gasteiger partial charge in [-0.1, -0.05) is 24.6 Å². The molecule has 0 aromatic rings. The Kier molecular flexibility index (Phi) is 3.87. The molecule has 2 heteroatoms. The minimum atomic E-state index is -0.0265. The zero-order valence-corrected chi connectivity index (χ0v) is 14.7. The van der Waals surface area contributed by atoms with E-state index in [9.17, 15) is 4.79 Å². The van der Waals surface area contributed by atoms with E-state index in [1.807, 2.05) is 6.92 Å². The Balaban J connectivity index is 1.75. The SMILES string of the molecule is CC(C)=CCC[C@@]1(C)[C@H]2/C=C(/C)C(=O)C[C@@H]3O[C@@]3(C)CC[C@@H]21. The molecule has 3 aliphatic rings. The lowest BCUT2D eigenvalue weighted by molar-refractivity contribution is -0.115. The van der Waals surface area contributed by atoms with Gasteiger partial charge in [0.15, 0.2) is 5.78 Å². The van der Waals surface area contributed by atoms with Gasteiger partial charge in [-0.3, -0.25) is 4.79 Å². The molecule has 0 aromatic heterocycles. The number of epoxide rings is 1. The molecule has 122 valence electrons. The van der Waals surface area contributed by atoms with Crippen molar-refractivity contribution in [3.05, 3.63) is 23.3 Å². The van der Waals surface area contributed by atoms with E-state index >= 15 is 0 Å². The highest BCUT2D eigenvalue weighted by molar-refractivity contribution is 5.95. The van der Waals surface area contributed by atoms with E-state index in [0.29, 0.717) is 17.8 Å². The van der Waals surface area contributed by atoms with Crippen LogP contribution in [0.15, 0.2) is 23.3 Å². The molecule has 2 nitrogen and oxygen atoms in total. The minimum Gasteiger partial charge on any atom is -0.366 e. The number of hydrogen-bond donors (Lipinski definition) is 0. The summed E-state index contributed by atoms with van der Waals surface area (Å²) < 4.78 is 5.85. The van der Waals surface area contributed by atoms with Crippen LogP contribution in [0.25, 0.3) is 0 Å². The lowest BCUT2D eigenvalue weighted by atomic mass is 9.92. The predicted molar refractivity (Wildman–Crippen MR) is 89.6 cm³/mol. The summed E-state index contributed by atoms with van der Waals surface area (Å²) in [6.07, 6.45) is 10.1. The molecule has 2 fully saturated rings. The van der Waals surface area contributed by atoms with Crippen LogP contribution >= 0.6 is 0 Å². The molecule has 22 heavy (non-hydrogen) atoms. The van der Waals surface area contributed by atoms with Gasteiger partial charge in [0.25, 0.3) is 0 Å². The number of fused-ring (bicyclic) bond motifs is 2. The number of Topliss-reactive ketones (excluding diaryl/α,β-unsaturated/α-hetero) is 1. The lowest BCUT2D eigenvalue weighted by Crippen LogP contribution is -2.15. The average Bonchev–Trinajstić information content (AvgIpc) is 3.23. The first kappa shape index (κ1) is 16.0. The lowest BCUT2D eigenvalue weighted by Gasteiger charge is -2.11. The van der Waals surface area contributed by atoms with Crippen LogP contribution in [0.4, 0.5) is 0 Å². The van der Waals surface area contributed by atoms with Gasteiger partial charge in [-0.05, 0) is 76.2 Å². The zero-order chi connectivity index (χ0) is 16.1. The van der Waals surface area contributed by atoms with Crippen molar-refractivity contribution in [2.24, 2.45) is 17.3 Å². The van der Waals surface area contributed by atoms with Gasteiger partial charge in [0.2, 0.25) is 0 Å². The molecule has 1 aliphatic heterocycles. The highest BCUT2D eigenvalue weighted by atomic mass is 16.6.